The molecule has 4 heteroatoms. The lowest BCUT2D eigenvalue weighted by atomic mass is 9.86. The van der Waals surface area contributed by atoms with Crippen LogP contribution in [0, 0.1) is 0 Å². The van der Waals surface area contributed by atoms with E-state index in [1.165, 1.54) is 7.11 Å². The van der Waals surface area contributed by atoms with Gasteiger partial charge in [0.05, 0.1) is 19.8 Å². The van der Waals surface area contributed by atoms with Crippen LogP contribution in [0.5, 0.6) is 0 Å². The summed E-state index contributed by atoms with van der Waals surface area (Å²) in [5.74, 6) is -0.603. The normalized spacial score (nSPS) is 14.7. The summed E-state index contributed by atoms with van der Waals surface area (Å²) < 4.78 is 10.9. The predicted molar refractivity (Wildman–Crippen MR) is 87.7 cm³/mol. The second-order valence-electron chi connectivity index (χ2n) is 5.29. The van der Waals surface area contributed by atoms with Crippen molar-refractivity contribution in [1.29, 1.82) is 0 Å². The molecule has 1 N–H and O–H groups in total. The molecule has 0 amide bonds. The number of esters is 1. The number of aliphatic hydroxyl groups excluding tert-OH is 1. The van der Waals surface area contributed by atoms with Gasteiger partial charge >= 0.3 is 5.97 Å². The quantitative estimate of drug-likeness (QED) is 0.798. The third-order valence-corrected chi connectivity index (χ3v) is 3.86. The van der Waals surface area contributed by atoms with Gasteiger partial charge in [-0.05, 0) is 17.5 Å². The zero-order chi connectivity index (χ0) is 16.7. The summed E-state index contributed by atoms with van der Waals surface area (Å²) in [6.07, 6.45) is -0.653. The highest BCUT2D eigenvalue weighted by Gasteiger charge is 2.48. The number of aliphatic hydroxyl groups is 1. The number of ether oxygens (including phenoxy) is 2. The van der Waals surface area contributed by atoms with Crippen LogP contribution in [0.3, 0.4) is 0 Å². The molecule has 0 aliphatic heterocycles. The molecule has 0 saturated carbocycles. The van der Waals surface area contributed by atoms with E-state index in [1.54, 1.807) is 31.2 Å². The SMILES string of the molecule is CC[C@@H](O)[C@@](OCc1ccccc1)(C(=O)OC)c1ccccc1. The fourth-order valence-corrected chi connectivity index (χ4v) is 2.58. The molecule has 0 aliphatic carbocycles. The number of carbonyl (C=O) groups excluding carboxylic acids is 1. The Labute approximate surface area is 136 Å². The number of hydrogen-bond donors (Lipinski definition) is 1. The third kappa shape index (κ3) is 3.60. The van der Waals surface area contributed by atoms with Gasteiger partial charge in [-0.15, -0.1) is 0 Å². The van der Waals surface area contributed by atoms with Gasteiger partial charge in [0.25, 0.3) is 0 Å². The first-order valence-electron chi connectivity index (χ1n) is 7.65. The van der Waals surface area contributed by atoms with Crippen LogP contribution in [0.1, 0.15) is 24.5 Å². The van der Waals surface area contributed by atoms with Crippen molar-refractivity contribution in [3.63, 3.8) is 0 Å². The first-order chi connectivity index (χ1) is 11.1. The number of carbonyl (C=O) groups is 1. The minimum absolute atomic E-state index is 0.196. The minimum Gasteiger partial charge on any atom is -0.467 e. The van der Waals surface area contributed by atoms with Crippen molar-refractivity contribution in [3.05, 3.63) is 71.8 Å². The molecule has 2 atom stereocenters. The van der Waals surface area contributed by atoms with E-state index < -0.39 is 17.7 Å². The van der Waals surface area contributed by atoms with E-state index >= 15 is 0 Å². The highest BCUT2D eigenvalue weighted by Crippen LogP contribution is 2.34. The Morgan fingerprint density at radius 3 is 2.17 bits per heavy atom. The third-order valence-electron chi connectivity index (χ3n) is 3.86. The van der Waals surface area contributed by atoms with Crippen molar-refractivity contribution >= 4 is 5.97 Å². The van der Waals surface area contributed by atoms with Crippen LogP contribution in [0.25, 0.3) is 0 Å². The molecule has 0 spiro atoms. The summed E-state index contributed by atoms with van der Waals surface area (Å²) in [5.41, 5.74) is -0.0437. The van der Waals surface area contributed by atoms with E-state index in [0.717, 1.165) is 5.56 Å². The first-order valence-corrected chi connectivity index (χ1v) is 7.65. The molecular weight excluding hydrogens is 292 g/mol. The zero-order valence-electron chi connectivity index (χ0n) is 13.4. The number of rotatable bonds is 7. The average molecular weight is 314 g/mol. The smallest absolute Gasteiger partial charge is 0.345 e. The predicted octanol–water partition coefficient (Wildman–Crippen LogP) is 3.04. The Bertz CT molecular complexity index is 612. The molecule has 0 unspecified atom stereocenters. The van der Waals surface area contributed by atoms with Crippen molar-refractivity contribution in [2.75, 3.05) is 7.11 Å². The molecule has 0 aliphatic rings. The second-order valence-corrected chi connectivity index (χ2v) is 5.29. The van der Waals surface area contributed by atoms with E-state index in [-0.39, 0.29) is 6.61 Å². The maximum absolute atomic E-state index is 12.5. The lowest BCUT2D eigenvalue weighted by Crippen LogP contribution is -2.49. The Morgan fingerprint density at radius 2 is 1.65 bits per heavy atom. The van der Waals surface area contributed by atoms with Crippen LogP contribution >= 0.6 is 0 Å². The molecule has 0 radical (unpaired) electrons. The van der Waals surface area contributed by atoms with Gasteiger partial charge in [0.2, 0.25) is 5.60 Å². The molecule has 2 aromatic carbocycles. The maximum Gasteiger partial charge on any atom is 0.345 e. The second kappa shape index (κ2) is 7.90. The number of methoxy groups -OCH3 is 1. The van der Waals surface area contributed by atoms with Crippen LogP contribution in [0.2, 0.25) is 0 Å². The van der Waals surface area contributed by atoms with Gasteiger partial charge in [0.15, 0.2) is 0 Å². The van der Waals surface area contributed by atoms with E-state index in [4.69, 9.17) is 9.47 Å². The van der Waals surface area contributed by atoms with Gasteiger partial charge < -0.3 is 14.6 Å². The van der Waals surface area contributed by atoms with Crippen LogP contribution in [0.4, 0.5) is 0 Å². The summed E-state index contributed by atoms with van der Waals surface area (Å²) in [5, 5.41) is 10.6. The summed E-state index contributed by atoms with van der Waals surface area (Å²) in [7, 11) is 1.30. The fraction of sp³-hybridized carbons (Fsp3) is 0.316. The molecule has 0 heterocycles. The molecular formula is C19H22O4. The largest absolute Gasteiger partial charge is 0.467 e. The summed E-state index contributed by atoms with van der Waals surface area (Å²) in [6.45, 7) is 2.00. The van der Waals surface area contributed by atoms with Crippen molar-refractivity contribution in [2.24, 2.45) is 0 Å². The standard InChI is InChI=1S/C19H22O4/c1-3-17(20)19(18(21)22-2,16-12-8-5-9-13-16)23-14-15-10-6-4-7-11-15/h4-13,17,20H,3,14H2,1-2H3/t17-,19-/m1/s1. The molecule has 2 rings (SSSR count). The Morgan fingerprint density at radius 1 is 1.09 bits per heavy atom. The summed E-state index contributed by atoms with van der Waals surface area (Å²) in [4.78, 5) is 12.5. The first kappa shape index (κ1) is 17.2. The molecule has 0 fully saturated rings. The highest BCUT2D eigenvalue weighted by atomic mass is 16.6. The number of hydrogen-bond acceptors (Lipinski definition) is 4. The van der Waals surface area contributed by atoms with Crippen molar-refractivity contribution in [2.45, 2.75) is 31.7 Å². The molecule has 0 bridgehead atoms. The van der Waals surface area contributed by atoms with E-state index in [1.807, 2.05) is 36.4 Å². The molecule has 0 saturated heterocycles. The lowest BCUT2D eigenvalue weighted by molar-refractivity contribution is -0.193. The highest BCUT2D eigenvalue weighted by molar-refractivity contribution is 5.82. The monoisotopic (exact) mass is 314 g/mol. The fourth-order valence-electron chi connectivity index (χ4n) is 2.58. The van der Waals surface area contributed by atoms with Crippen molar-refractivity contribution < 1.29 is 19.4 Å². The zero-order valence-corrected chi connectivity index (χ0v) is 13.4. The minimum atomic E-state index is -1.54. The maximum atomic E-state index is 12.5. The summed E-state index contributed by atoms with van der Waals surface area (Å²) in [6, 6.07) is 18.5. The van der Waals surface area contributed by atoms with Crippen LogP contribution in [-0.2, 0) is 26.5 Å². The van der Waals surface area contributed by atoms with Crippen molar-refractivity contribution in [1.82, 2.24) is 0 Å². The Hall–Kier alpha value is -2.17. The molecule has 122 valence electrons. The van der Waals surface area contributed by atoms with E-state index in [2.05, 4.69) is 0 Å². The van der Waals surface area contributed by atoms with E-state index in [0.29, 0.717) is 12.0 Å². The summed E-state index contributed by atoms with van der Waals surface area (Å²) >= 11 is 0. The van der Waals surface area contributed by atoms with E-state index in [9.17, 15) is 9.90 Å². The van der Waals surface area contributed by atoms with Gasteiger partial charge in [-0.1, -0.05) is 67.6 Å². The van der Waals surface area contributed by atoms with Gasteiger partial charge in [-0.2, -0.15) is 0 Å². The molecule has 4 nitrogen and oxygen atoms in total. The molecule has 23 heavy (non-hydrogen) atoms. The topological polar surface area (TPSA) is 55.8 Å². The van der Waals surface area contributed by atoms with Gasteiger partial charge in [-0.25, -0.2) is 4.79 Å². The number of benzene rings is 2. The van der Waals surface area contributed by atoms with Gasteiger partial charge in [-0.3, -0.25) is 0 Å². The Kier molecular flexibility index (Phi) is 5.90. The van der Waals surface area contributed by atoms with Crippen LogP contribution in [0.15, 0.2) is 60.7 Å². The Balaban J connectivity index is 2.42. The lowest BCUT2D eigenvalue weighted by Gasteiger charge is -2.35. The van der Waals surface area contributed by atoms with Gasteiger partial charge in [0, 0.05) is 0 Å². The van der Waals surface area contributed by atoms with Gasteiger partial charge in [0.1, 0.15) is 0 Å². The van der Waals surface area contributed by atoms with Crippen LogP contribution < -0.4 is 0 Å². The van der Waals surface area contributed by atoms with Crippen LogP contribution in [-0.4, -0.2) is 24.3 Å². The molecule has 0 aromatic heterocycles. The van der Waals surface area contributed by atoms with Crippen molar-refractivity contribution in [3.8, 4) is 0 Å². The molecule has 2 aromatic rings. The average Bonchev–Trinajstić information content (AvgIpc) is 2.63.